The standard InChI is InChI=1S/C16H22N6O2/c1-9-10(2)18-14(11(3)17-9)16(23)22-7-6-21(5)13(8-22)15-19-12(4)20-24-15/h13H,6-8H2,1-5H3/t13-/m0/s1. The van der Waals surface area contributed by atoms with Gasteiger partial charge in [-0.15, -0.1) is 0 Å². The predicted molar refractivity (Wildman–Crippen MR) is 86.6 cm³/mol. The summed E-state index contributed by atoms with van der Waals surface area (Å²) in [6, 6.07) is -0.108. The molecule has 1 aliphatic heterocycles. The summed E-state index contributed by atoms with van der Waals surface area (Å²) in [4.78, 5) is 30.0. The van der Waals surface area contributed by atoms with E-state index in [9.17, 15) is 4.79 Å². The van der Waals surface area contributed by atoms with Gasteiger partial charge in [-0.05, 0) is 34.7 Å². The first-order chi connectivity index (χ1) is 11.4. The van der Waals surface area contributed by atoms with Gasteiger partial charge in [0.15, 0.2) is 5.82 Å². The molecule has 0 radical (unpaired) electrons. The van der Waals surface area contributed by atoms with Gasteiger partial charge in [-0.2, -0.15) is 4.98 Å². The lowest BCUT2D eigenvalue weighted by molar-refractivity contribution is 0.0482. The topological polar surface area (TPSA) is 88.2 Å². The fourth-order valence-electron chi connectivity index (χ4n) is 2.84. The lowest BCUT2D eigenvalue weighted by Crippen LogP contribution is -2.49. The van der Waals surface area contributed by atoms with Crippen LogP contribution in [0.15, 0.2) is 4.52 Å². The molecular weight excluding hydrogens is 308 g/mol. The Morgan fingerprint density at radius 1 is 1.04 bits per heavy atom. The van der Waals surface area contributed by atoms with Gasteiger partial charge in [-0.25, -0.2) is 4.98 Å². The number of carbonyl (C=O) groups excluding carboxylic acids is 1. The van der Waals surface area contributed by atoms with E-state index in [0.29, 0.717) is 36.2 Å². The number of aromatic nitrogens is 4. The number of aryl methyl sites for hydroxylation is 4. The third-order valence-corrected chi connectivity index (χ3v) is 4.45. The highest BCUT2D eigenvalue weighted by atomic mass is 16.5. The van der Waals surface area contributed by atoms with Crippen molar-refractivity contribution in [2.24, 2.45) is 0 Å². The van der Waals surface area contributed by atoms with Crippen LogP contribution in [0.5, 0.6) is 0 Å². The molecule has 1 aliphatic rings. The predicted octanol–water partition coefficient (Wildman–Crippen LogP) is 1.22. The van der Waals surface area contributed by atoms with Crippen LogP contribution in [0.3, 0.4) is 0 Å². The number of carbonyl (C=O) groups is 1. The molecule has 2 aromatic heterocycles. The maximum atomic E-state index is 12.9. The number of piperazine rings is 1. The van der Waals surface area contributed by atoms with Crippen molar-refractivity contribution >= 4 is 5.91 Å². The van der Waals surface area contributed by atoms with Crippen molar-refractivity contribution in [3.8, 4) is 0 Å². The Morgan fingerprint density at radius 2 is 1.75 bits per heavy atom. The highest BCUT2D eigenvalue weighted by Crippen LogP contribution is 2.24. The van der Waals surface area contributed by atoms with Crippen LogP contribution in [0, 0.1) is 27.7 Å². The van der Waals surface area contributed by atoms with Crippen molar-refractivity contribution in [3.63, 3.8) is 0 Å². The van der Waals surface area contributed by atoms with Gasteiger partial charge in [0.05, 0.1) is 17.1 Å². The van der Waals surface area contributed by atoms with Crippen LogP contribution in [0.4, 0.5) is 0 Å². The number of hydrogen-bond donors (Lipinski definition) is 0. The summed E-state index contributed by atoms with van der Waals surface area (Å²) in [5.41, 5.74) is 2.71. The van der Waals surface area contributed by atoms with Crippen LogP contribution >= 0.6 is 0 Å². The molecule has 8 nitrogen and oxygen atoms in total. The fourth-order valence-corrected chi connectivity index (χ4v) is 2.84. The van der Waals surface area contributed by atoms with E-state index in [-0.39, 0.29) is 11.9 Å². The summed E-state index contributed by atoms with van der Waals surface area (Å²) in [5.74, 6) is 1.03. The summed E-state index contributed by atoms with van der Waals surface area (Å²) in [7, 11) is 1.99. The zero-order chi connectivity index (χ0) is 17.4. The maximum absolute atomic E-state index is 12.9. The quantitative estimate of drug-likeness (QED) is 0.818. The molecule has 1 saturated heterocycles. The molecule has 0 aromatic carbocycles. The van der Waals surface area contributed by atoms with Crippen molar-refractivity contribution in [2.75, 3.05) is 26.7 Å². The van der Waals surface area contributed by atoms with E-state index in [1.807, 2.05) is 27.8 Å². The lowest BCUT2D eigenvalue weighted by atomic mass is 10.1. The molecule has 2 aromatic rings. The largest absolute Gasteiger partial charge is 0.338 e. The van der Waals surface area contributed by atoms with E-state index in [2.05, 4.69) is 25.0 Å². The van der Waals surface area contributed by atoms with Gasteiger partial charge in [-0.3, -0.25) is 14.7 Å². The zero-order valence-electron chi connectivity index (χ0n) is 14.7. The second-order valence-corrected chi connectivity index (χ2v) is 6.26. The number of hydrogen-bond acceptors (Lipinski definition) is 7. The van der Waals surface area contributed by atoms with Crippen LogP contribution in [0.2, 0.25) is 0 Å². The molecule has 0 spiro atoms. The third-order valence-electron chi connectivity index (χ3n) is 4.45. The Hall–Kier alpha value is -2.35. The SMILES string of the molecule is Cc1noc([C@@H]2CN(C(=O)c3nc(C)c(C)nc3C)CCN2C)n1. The van der Waals surface area contributed by atoms with E-state index in [4.69, 9.17) is 4.52 Å². The van der Waals surface area contributed by atoms with Gasteiger partial charge in [0, 0.05) is 19.6 Å². The minimum absolute atomic E-state index is 0.0996. The number of rotatable bonds is 2. The first kappa shape index (κ1) is 16.5. The first-order valence-corrected chi connectivity index (χ1v) is 7.98. The normalized spacial score (nSPS) is 18.9. The Kier molecular flexibility index (Phi) is 4.31. The van der Waals surface area contributed by atoms with Gasteiger partial charge in [0.2, 0.25) is 5.89 Å². The number of amides is 1. The van der Waals surface area contributed by atoms with E-state index >= 15 is 0 Å². The fraction of sp³-hybridized carbons (Fsp3) is 0.562. The smallest absolute Gasteiger partial charge is 0.274 e. The minimum atomic E-state index is -0.108. The molecule has 24 heavy (non-hydrogen) atoms. The average molecular weight is 330 g/mol. The van der Waals surface area contributed by atoms with Gasteiger partial charge in [0.25, 0.3) is 5.91 Å². The Bertz CT molecular complexity index is 772. The van der Waals surface area contributed by atoms with Crippen LogP contribution in [-0.4, -0.2) is 62.5 Å². The molecule has 1 atom stereocenters. The third kappa shape index (κ3) is 3.01. The van der Waals surface area contributed by atoms with Crippen molar-refractivity contribution in [2.45, 2.75) is 33.7 Å². The Labute approximate surface area is 140 Å². The molecule has 8 heteroatoms. The summed E-state index contributed by atoms with van der Waals surface area (Å²) in [6.07, 6.45) is 0. The van der Waals surface area contributed by atoms with Crippen molar-refractivity contribution in [3.05, 3.63) is 34.5 Å². The van der Waals surface area contributed by atoms with E-state index in [1.54, 1.807) is 11.8 Å². The zero-order valence-corrected chi connectivity index (χ0v) is 14.7. The average Bonchev–Trinajstić information content (AvgIpc) is 2.97. The van der Waals surface area contributed by atoms with Crippen LogP contribution in [0.1, 0.15) is 45.3 Å². The molecule has 0 bridgehead atoms. The molecule has 3 heterocycles. The lowest BCUT2D eigenvalue weighted by Gasteiger charge is -2.37. The molecule has 0 saturated carbocycles. The molecule has 1 fully saturated rings. The van der Waals surface area contributed by atoms with Gasteiger partial charge in [-0.1, -0.05) is 5.16 Å². The second-order valence-electron chi connectivity index (χ2n) is 6.26. The van der Waals surface area contributed by atoms with Gasteiger partial charge in [0.1, 0.15) is 11.7 Å². The second kappa shape index (κ2) is 6.27. The van der Waals surface area contributed by atoms with E-state index in [1.165, 1.54) is 0 Å². The maximum Gasteiger partial charge on any atom is 0.274 e. The summed E-state index contributed by atoms with van der Waals surface area (Å²) < 4.78 is 5.30. The van der Waals surface area contributed by atoms with Crippen molar-refractivity contribution < 1.29 is 9.32 Å². The highest BCUT2D eigenvalue weighted by Gasteiger charge is 2.33. The van der Waals surface area contributed by atoms with Crippen LogP contribution in [-0.2, 0) is 0 Å². The Morgan fingerprint density at radius 3 is 2.42 bits per heavy atom. The van der Waals surface area contributed by atoms with Crippen LogP contribution < -0.4 is 0 Å². The molecule has 0 N–H and O–H groups in total. The minimum Gasteiger partial charge on any atom is -0.338 e. The number of nitrogens with zero attached hydrogens (tertiary/aromatic N) is 6. The molecule has 0 aliphatic carbocycles. The highest BCUT2D eigenvalue weighted by molar-refractivity contribution is 5.93. The molecule has 3 rings (SSSR count). The van der Waals surface area contributed by atoms with E-state index in [0.717, 1.165) is 17.9 Å². The summed E-state index contributed by atoms with van der Waals surface area (Å²) in [6.45, 7) is 9.22. The monoisotopic (exact) mass is 330 g/mol. The molecule has 1 amide bonds. The summed E-state index contributed by atoms with van der Waals surface area (Å²) >= 11 is 0. The summed E-state index contributed by atoms with van der Waals surface area (Å²) in [5, 5.41) is 3.85. The molecular formula is C16H22N6O2. The van der Waals surface area contributed by atoms with Crippen molar-refractivity contribution in [1.29, 1.82) is 0 Å². The van der Waals surface area contributed by atoms with Gasteiger partial charge >= 0.3 is 0 Å². The molecule has 128 valence electrons. The Balaban J connectivity index is 1.84. The molecule has 0 unspecified atom stereocenters. The van der Waals surface area contributed by atoms with Crippen molar-refractivity contribution in [1.82, 2.24) is 29.9 Å². The van der Waals surface area contributed by atoms with Crippen LogP contribution in [0.25, 0.3) is 0 Å². The number of likely N-dealkylation sites (N-methyl/N-ethyl adjacent to an activating group) is 1. The van der Waals surface area contributed by atoms with Gasteiger partial charge < -0.3 is 9.42 Å². The van der Waals surface area contributed by atoms with E-state index < -0.39 is 0 Å². The first-order valence-electron chi connectivity index (χ1n) is 7.98.